The summed E-state index contributed by atoms with van der Waals surface area (Å²) in [6.45, 7) is 12.4. The van der Waals surface area contributed by atoms with Gasteiger partial charge < -0.3 is 16.0 Å². The third kappa shape index (κ3) is 3.88. The molecule has 3 N–H and O–H groups in total. The third-order valence-corrected chi connectivity index (χ3v) is 5.71. The second-order valence-corrected chi connectivity index (χ2v) is 9.93. The average molecular weight is 401 g/mol. The third-order valence-electron chi connectivity index (χ3n) is 5.71. The van der Waals surface area contributed by atoms with E-state index in [1.165, 1.54) is 4.90 Å². The number of fused-ring (bicyclic) bond motifs is 1. The number of anilines is 1. The predicted molar refractivity (Wildman–Crippen MR) is 113 cm³/mol. The summed E-state index contributed by atoms with van der Waals surface area (Å²) >= 11 is 0. The summed E-state index contributed by atoms with van der Waals surface area (Å²) < 4.78 is 0. The molecule has 0 unspecified atom stereocenters. The fourth-order valence-electron chi connectivity index (χ4n) is 4.99. The van der Waals surface area contributed by atoms with E-state index in [0.29, 0.717) is 36.2 Å². The van der Waals surface area contributed by atoms with Gasteiger partial charge >= 0.3 is 6.03 Å². The SMILES string of the molecule is CC(C)CN1C(=O)c2ccc(NC(=O)N3C(C)(C)CC(N)CC3(C)C)cc2C1=O. The van der Waals surface area contributed by atoms with Gasteiger partial charge in [-0.05, 0) is 64.7 Å². The summed E-state index contributed by atoms with van der Waals surface area (Å²) in [7, 11) is 0. The van der Waals surface area contributed by atoms with Crippen LogP contribution in [0.5, 0.6) is 0 Å². The first-order valence-corrected chi connectivity index (χ1v) is 10.2. The van der Waals surface area contributed by atoms with Gasteiger partial charge in [0.1, 0.15) is 0 Å². The number of likely N-dealkylation sites (tertiary alicyclic amines) is 1. The molecule has 0 radical (unpaired) electrons. The zero-order chi connectivity index (χ0) is 21.7. The number of piperidine rings is 1. The van der Waals surface area contributed by atoms with Gasteiger partial charge in [-0.3, -0.25) is 14.5 Å². The minimum atomic E-state index is -0.401. The Bertz CT molecular complexity index is 842. The fourth-order valence-corrected chi connectivity index (χ4v) is 4.99. The molecule has 0 spiro atoms. The van der Waals surface area contributed by atoms with Crippen molar-refractivity contribution in [2.24, 2.45) is 11.7 Å². The maximum atomic E-state index is 13.2. The number of carbonyl (C=O) groups is 3. The van der Waals surface area contributed by atoms with Crippen LogP contribution in [0.2, 0.25) is 0 Å². The lowest BCUT2D eigenvalue weighted by atomic mass is 9.77. The van der Waals surface area contributed by atoms with Crippen molar-refractivity contribution in [3.05, 3.63) is 29.3 Å². The molecule has 3 rings (SSSR count). The van der Waals surface area contributed by atoms with Crippen molar-refractivity contribution in [3.63, 3.8) is 0 Å². The highest BCUT2D eigenvalue weighted by atomic mass is 16.2. The van der Waals surface area contributed by atoms with Gasteiger partial charge in [0.15, 0.2) is 0 Å². The molecule has 29 heavy (non-hydrogen) atoms. The monoisotopic (exact) mass is 400 g/mol. The lowest BCUT2D eigenvalue weighted by Crippen LogP contribution is -2.66. The Morgan fingerprint density at radius 1 is 1.10 bits per heavy atom. The second-order valence-electron chi connectivity index (χ2n) is 9.93. The first kappa shape index (κ1) is 21.3. The molecule has 0 atom stereocenters. The van der Waals surface area contributed by atoms with E-state index in [-0.39, 0.29) is 29.8 Å². The Labute approximate surface area is 172 Å². The summed E-state index contributed by atoms with van der Waals surface area (Å²) in [4.78, 5) is 41.5. The first-order chi connectivity index (χ1) is 13.3. The second kappa shape index (κ2) is 7.13. The first-order valence-electron chi connectivity index (χ1n) is 10.2. The summed E-state index contributed by atoms with van der Waals surface area (Å²) in [5.74, 6) is -0.394. The van der Waals surface area contributed by atoms with E-state index in [2.05, 4.69) is 5.32 Å². The molecule has 1 fully saturated rings. The smallest absolute Gasteiger partial charge is 0.322 e. The molecule has 7 nitrogen and oxygen atoms in total. The number of benzene rings is 1. The van der Waals surface area contributed by atoms with Crippen molar-refractivity contribution in [1.82, 2.24) is 9.80 Å². The summed E-state index contributed by atoms with van der Waals surface area (Å²) in [5.41, 5.74) is 6.63. The molecule has 2 aliphatic heterocycles. The molecule has 1 saturated heterocycles. The molecule has 0 aliphatic carbocycles. The van der Waals surface area contributed by atoms with Crippen LogP contribution in [0.1, 0.15) is 75.1 Å². The number of amides is 4. The van der Waals surface area contributed by atoms with E-state index in [1.807, 2.05) is 46.4 Å². The van der Waals surface area contributed by atoms with E-state index >= 15 is 0 Å². The van der Waals surface area contributed by atoms with Crippen LogP contribution in [0.4, 0.5) is 10.5 Å². The largest absolute Gasteiger partial charge is 0.328 e. The van der Waals surface area contributed by atoms with Crippen LogP contribution in [-0.4, -0.2) is 51.3 Å². The number of hydrogen-bond donors (Lipinski definition) is 2. The predicted octanol–water partition coefficient (Wildman–Crippen LogP) is 3.45. The Kier molecular flexibility index (Phi) is 5.24. The van der Waals surface area contributed by atoms with Gasteiger partial charge in [-0.1, -0.05) is 13.8 Å². The van der Waals surface area contributed by atoms with E-state index in [9.17, 15) is 14.4 Å². The van der Waals surface area contributed by atoms with Crippen LogP contribution in [0.25, 0.3) is 0 Å². The quantitative estimate of drug-likeness (QED) is 0.760. The Morgan fingerprint density at radius 3 is 2.21 bits per heavy atom. The molecule has 158 valence electrons. The lowest BCUT2D eigenvalue weighted by molar-refractivity contribution is 0.00874. The molecule has 1 aromatic carbocycles. The molecule has 0 saturated carbocycles. The number of nitrogens with zero attached hydrogens (tertiary/aromatic N) is 2. The van der Waals surface area contributed by atoms with Gasteiger partial charge in [-0.15, -0.1) is 0 Å². The highest BCUT2D eigenvalue weighted by Gasteiger charge is 2.47. The van der Waals surface area contributed by atoms with Gasteiger partial charge in [-0.2, -0.15) is 0 Å². The highest BCUT2D eigenvalue weighted by molar-refractivity contribution is 6.21. The maximum absolute atomic E-state index is 13.2. The summed E-state index contributed by atoms with van der Waals surface area (Å²) in [5, 5.41) is 2.92. The zero-order valence-corrected chi connectivity index (χ0v) is 18.2. The molecule has 1 aromatic rings. The number of hydrogen-bond acceptors (Lipinski definition) is 4. The molecule has 2 aliphatic rings. The van der Waals surface area contributed by atoms with Crippen LogP contribution in [-0.2, 0) is 0 Å². The maximum Gasteiger partial charge on any atom is 0.322 e. The average Bonchev–Trinajstić information content (AvgIpc) is 2.76. The molecule has 0 aromatic heterocycles. The van der Waals surface area contributed by atoms with Gasteiger partial charge in [0, 0.05) is 29.4 Å². The van der Waals surface area contributed by atoms with Crippen LogP contribution in [0.15, 0.2) is 18.2 Å². The van der Waals surface area contributed by atoms with E-state index < -0.39 is 11.1 Å². The lowest BCUT2D eigenvalue weighted by Gasteiger charge is -2.54. The van der Waals surface area contributed by atoms with Crippen LogP contribution < -0.4 is 11.1 Å². The van der Waals surface area contributed by atoms with Gasteiger partial charge in [0.25, 0.3) is 11.8 Å². The number of rotatable bonds is 3. The van der Waals surface area contributed by atoms with Crippen LogP contribution in [0, 0.1) is 5.92 Å². The standard InChI is InChI=1S/C22H32N4O3/c1-13(2)12-25-18(27)16-8-7-15(9-17(16)19(25)28)24-20(29)26-21(3,4)10-14(23)11-22(26,5)6/h7-9,13-14H,10-12,23H2,1-6H3,(H,24,29). The van der Waals surface area contributed by atoms with Crippen molar-refractivity contribution in [2.75, 3.05) is 11.9 Å². The van der Waals surface area contributed by atoms with E-state index in [4.69, 9.17) is 5.73 Å². The Morgan fingerprint density at radius 2 is 1.66 bits per heavy atom. The number of nitrogens with one attached hydrogen (secondary N) is 1. The topological polar surface area (TPSA) is 95.7 Å². The normalized spacial score (nSPS) is 21.0. The van der Waals surface area contributed by atoms with E-state index in [1.54, 1.807) is 18.2 Å². The Hall–Kier alpha value is -2.41. The molecule has 7 heteroatoms. The van der Waals surface area contributed by atoms with Crippen molar-refractivity contribution < 1.29 is 14.4 Å². The van der Waals surface area contributed by atoms with Gasteiger partial charge in [-0.25, -0.2) is 4.79 Å². The Balaban J connectivity index is 1.84. The molecule has 0 bridgehead atoms. The van der Waals surface area contributed by atoms with Crippen LogP contribution in [0.3, 0.4) is 0 Å². The van der Waals surface area contributed by atoms with Crippen molar-refractivity contribution in [1.29, 1.82) is 0 Å². The molecular formula is C22H32N4O3. The highest BCUT2D eigenvalue weighted by Crippen LogP contribution is 2.38. The van der Waals surface area contributed by atoms with Crippen molar-refractivity contribution in [2.45, 2.75) is 71.5 Å². The number of imide groups is 1. The minimum absolute atomic E-state index is 0.0413. The molecule has 2 heterocycles. The molecule has 4 amide bonds. The van der Waals surface area contributed by atoms with E-state index in [0.717, 1.165) is 0 Å². The van der Waals surface area contributed by atoms with Crippen LogP contribution >= 0.6 is 0 Å². The van der Waals surface area contributed by atoms with Crippen molar-refractivity contribution in [3.8, 4) is 0 Å². The number of carbonyl (C=O) groups excluding carboxylic acids is 3. The summed E-state index contributed by atoms with van der Waals surface area (Å²) in [6.07, 6.45) is 1.43. The van der Waals surface area contributed by atoms with Gasteiger partial charge in [0.2, 0.25) is 0 Å². The number of urea groups is 1. The van der Waals surface area contributed by atoms with Crippen molar-refractivity contribution >= 4 is 23.5 Å². The summed E-state index contributed by atoms with van der Waals surface area (Å²) in [6, 6.07) is 4.70. The minimum Gasteiger partial charge on any atom is -0.328 e. The molecular weight excluding hydrogens is 368 g/mol. The van der Waals surface area contributed by atoms with Gasteiger partial charge in [0.05, 0.1) is 11.1 Å². The number of nitrogens with two attached hydrogens (primary N) is 1. The fraction of sp³-hybridized carbons (Fsp3) is 0.591. The zero-order valence-electron chi connectivity index (χ0n) is 18.2.